The van der Waals surface area contributed by atoms with Gasteiger partial charge in [-0.25, -0.2) is 0 Å². The van der Waals surface area contributed by atoms with Gasteiger partial charge in [0.15, 0.2) is 0 Å². The maximum atomic E-state index is 6.54. The van der Waals surface area contributed by atoms with Gasteiger partial charge in [-0.1, -0.05) is 41.4 Å². The summed E-state index contributed by atoms with van der Waals surface area (Å²) in [4.78, 5) is 4.59. The third kappa shape index (κ3) is 3.86. The van der Waals surface area contributed by atoms with E-state index in [4.69, 9.17) is 23.2 Å². The molecule has 0 aromatic heterocycles. The van der Waals surface area contributed by atoms with Crippen LogP contribution in [0.15, 0.2) is 42.5 Å². The van der Waals surface area contributed by atoms with Gasteiger partial charge in [0.1, 0.15) is 0 Å². The number of rotatable bonds is 4. The molecule has 128 valence electrons. The average molecular weight is 364 g/mol. The molecule has 1 heterocycles. The molecule has 24 heavy (non-hydrogen) atoms. The van der Waals surface area contributed by atoms with Crippen LogP contribution >= 0.6 is 23.2 Å². The highest BCUT2D eigenvalue weighted by molar-refractivity contribution is 6.35. The van der Waals surface area contributed by atoms with Gasteiger partial charge in [0.25, 0.3) is 0 Å². The zero-order valence-corrected chi connectivity index (χ0v) is 15.6. The fourth-order valence-electron chi connectivity index (χ4n) is 3.21. The van der Waals surface area contributed by atoms with Gasteiger partial charge in [0.05, 0.1) is 6.04 Å². The van der Waals surface area contributed by atoms with Crippen LogP contribution in [0, 0.1) is 0 Å². The molecule has 0 bridgehead atoms. The van der Waals surface area contributed by atoms with Gasteiger partial charge in [-0.2, -0.15) is 0 Å². The second-order valence-electron chi connectivity index (χ2n) is 6.34. The molecule has 0 amide bonds. The minimum absolute atomic E-state index is 0.146. The molecule has 0 aliphatic carbocycles. The summed E-state index contributed by atoms with van der Waals surface area (Å²) in [5.41, 5.74) is 3.56. The first-order chi connectivity index (χ1) is 11.6. The molecule has 1 unspecified atom stereocenters. The first-order valence-electron chi connectivity index (χ1n) is 8.23. The Bertz CT molecular complexity index is 680. The topological polar surface area (TPSA) is 18.5 Å². The Balaban J connectivity index is 2.00. The number of hydrogen-bond acceptors (Lipinski definition) is 3. The van der Waals surface area contributed by atoms with Gasteiger partial charge < -0.3 is 10.2 Å². The Labute approximate surface area is 154 Å². The first kappa shape index (κ1) is 17.6. The van der Waals surface area contributed by atoms with Gasteiger partial charge in [0.2, 0.25) is 0 Å². The molecule has 1 aliphatic rings. The van der Waals surface area contributed by atoms with Gasteiger partial charge >= 0.3 is 0 Å². The average Bonchev–Trinajstić information content (AvgIpc) is 2.58. The van der Waals surface area contributed by atoms with Crippen molar-refractivity contribution in [3.8, 4) is 0 Å². The number of anilines is 1. The highest BCUT2D eigenvalue weighted by Crippen LogP contribution is 2.35. The smallest absolute Gasteiger partial charge is 0.0617 e. The number of halogens is 2. The van der Waals surface area contributed by atoms with Crippen molar-refractivity contribution >= 4 is 28.9 Å². The summed E-state index contributed by atoms with van der Waals surface area (Å²) in [6.45, 7) is 3.99. The molecule has 1 fully saturated rings. The lowest BCUT2D eigenvalue weighted by atomic mass is 9.96. The van der Waals surface area contributed by atoms with E-state index in [2.05, 4.69) is 59.5 Å². The first-order valence-corrected chi connectivity index (χ1v) is 8.99. The zero-order chi connectivity index (χ0) is 17.1. The van der Waals surface area contributed by atoms with Gasteiger partial charge in [0, 0.05) is 56.0 Å². The van der Waals surface area contributed by atoms with Crippen LogP contribution in [0.5, 0.6) is 0 Å². The predicted molar refractivity (Wildman–Crippen MR) is 104 cm³/mol. The molecule has 1 atom stereocenters. The van der Waals surface area contributed by atoms with Crippen molar-refractivity contribution in [1.29, 1.82) is 0 Å². The van der Waals surface area contributed by atoms with E-state index >= 15 is 0 Å². The fraction of sp³-hybridized carbons (Fsp3) is 0.368. The Hall–Kier alpha value is -1.26. The third-order valence-corrected chi connectivity index (χ3v) is 5.06. The molecule has 0 saturated carbocycles. The number of nitrogens with zero attached hydrogens (tertiary/aromatic N) is 2. The van der Waals surface area contributed by atoms with E-state index in [0.717, 1.165) is 36.8 Å². The summed E-state index contributed by atoms with van der Waals surface area (Å²) >= 11 is 12.6. The quantitative estimate of drug-likeness (QED) is 0.883. The van der Waals surface area contributed by atoms with Crippen LogP contribution in [0.3, 0.4) is 0 Å². The minimum Gasteiger partial charge on any atom is -0.378 e. The lowest BCUT2D eigenvalue weighted by Crippen LogP contribution is -2.45. The summed E-state index contributed by atoms with van der Waals surface area (Å²) < 4.78 is 0. The van der Waals surface area contributed by atoms with E-state index in [1.54, 1.807) is 0 Å². The van der Waals surface area contributed by atoms with Crippen molar-refractivity contribution in [1.82, 2.24) is 10.2 Å². The van der Waals surface area contributed by atoms with Crippen molar-refractivity contribution in [2.45, 2.75) is 6.04 Å². The highest BCUT2D eigenvalue weighted by Gasteiger charge is 2.25. The number of piperazine rings is 1. The SMILES string of the molecule is CN(C)c1ccc(C(c2ccc(Cl)cc2Cl)N2CCNCC2)cc1. The largest absolute Gasteiger partial charge is 0.378 e. The molecule has 1 aliphatic heterocycles. The van der Waals surface area contributed by atoms with Crippen LogP contribution in [0.25, 0.3) is 0 Å². The van der Waals surface area contributed by atoms with E-state index < -0.39 is 0 Å². The van der Waals surface area contributed by atoms with E-state index in [9.17, 15) is 0 Å². The van der Waals surface area contributed by atoms with E-state index in [0.29, 0.717) is 5.02 Å². The monoisotopic (exact) mass is 363 g/mol. The van der Waals surface area contributed by atoms with Crippen molar-refractivity contribution in [2.24, 2.45) is 0 Å². The van der Waals surface area contributed by atoms with Crippen molar-refractivity contribution < 1.29 is 0 Å². The fourth-order valence-corrected chi connectivity index (χ4v) is 3.72. The second-order valence-corrected chi connectivity index (χ2v) is 7.18. The predicted octanol–water partition coefficient (Wildman–Crippen LogP) is 4.05. The molecular formula is C19H23Cl2N3. The maximum absolute atomic E-state index is 6.54. The van der Waals surface area contributed by atoms with E-state index in [1.807, 2.05) is 12.1 Å². The normalized spacial score (nSPS) is 16.8. The molecule has 3 rings (SSSR count). The Morgan fingerprint density at radius 2 is 1.67 bits per heavy atom. The van der Waals surface area contributed by atoms with Crippen LogP contribution in [0.2, 0.25) is 10.0 Å². The molecule has 1 N–H and O–H groups in total. The molecule has 2 aromatic carbocycles. The number of benzene rings is 2. The summed E-state index contributed by atoms with van der Waals surface area (Å²) in [5, 5.41) is 4.81. The Kier molecular flexibility index (Phi) is 5.67. The molecule has 5 heteroatoms. The van der Waals surface area contributed by atoms with Crippen LogP contribution in [-0.2, 0) is 0 Å². The van der Waals surface area contributed by atoms with Crippen molar-refractivity contribution in [3.63, 3.8) is 0 Å². The number of hydrogen-bond donors (Lipinski definition) is 1. The molecule has 2 aromatic rings. The molecule has 1 saturated heterocycles. The lowest BCUT2D eigenvalue weighted by Gasteiger charge is -2.36. The lowest BCUT2D eigenvalue weighted by molar-refractivity contribution is 0.198. The highest BCUT2D eigenvalue weighted by atomic mass is 35.5. The van der Waals surface area contributed by atoms with Crippen molar-refractivity contribution in [3.05, 3.63) is 63.6 Å². The summed E-state index contributed by atoms with van der Waals surface area (Å²) in [5.74, 6) is 0. The molecule has 0 spiro atoms. The molecule has 3 nitrogen and oxygen atoms in total. The van der Waals surface area contributed by atoms with Crippen LogP contribution in [0.4, 0.5) is 5.69 Å². The van der Waals surface area contributed by atoms with E-state index in [-0.39, 0.29) is 6.04 Å². The third-order valence-electron chi connectivity index (χ3n) is 4.50. The minimum atomic E-state index is 0.146. The molecular weight excluding hydrogens is 341 g/mol. The summed E-state index contributed by atoms with van der Waals surface area (Å²) in [7, 11) is 4.11. The summed E-state index contributed by atoms with van der Waals surface area (Å²) in [6, 6.07) is 14.7. The second kappa shape index (κ2) is 7.75. The van der Waals surface area contributed by atoms with Crippen LogP contribution < -0.4 is 10.2 Å². The zero-order valence-electron chi connectivity index (χ0n) is 14.1. The Morgan fingerprint density at radius 3 is 2.25 bits per heavy atom. The number of nitrogens with one attached hydrogen (secondary N) is 1. The van der Waals surface area contributed by atoms with Crippen LogP contribution in [-0.4, -0.2) is 45.2 Å². The van der Waals surface area contributed by atoms with Crippen LogP contribution in [0.1, 0.15) is 17.2 Å². The molecule has 0 radical (unpaired) electrons. The standard InChI is InChI=1S/C19H23Cl2N3/c1-23(2)16-6-3-14(4-7-16)19(24-11-9-22-10-12-24)17-8-5-15(20)13-18(17)21/h3-8,13,19,22H,9-12H2,1-2H3. The van der Waals surface area contributed by atoms with Gasteiger partial charge in [-0.05, 0) is 35.4 Å². The van der Waals surface area contributed by atoms with E-state index in [1.165, 1.54) is 11.3 Å². The van der Waals surface area contributed by atoms with Crippen molar-refractivity contribution in [2.75, 3.05) is 45.2 Å². The summed E-state index contributed by atoms with van der Waals surface area (Å²) in [6.07, 6.45) is 0. The van der Waals surface area contributed by atoms with Gasteiger partial charge in [-0.3, -0.25) is 4.90 Å². The van der Waals surface area contributed by atoms with Gasteiger partial charge in [-0.15, -0.1) is 0 Å². The maximum Gasteiger partial charge on any atom is 0.0617 e. The Morgan fingerprint density at radius 1 is 1.00 bits per heavy atom.